The number of benzene rings is 2. The van der Waals surface area contributed by atoms with Gasteiger partial charge in [0.15, 0.2) is 0 Å². The van der Waals surface area contributed by atoms with Crippen molar-refractivity contribution in [1.82, 2.24) is 18.9 Å². The molecule has 13 heteroatoms. The number of hydrogen-bond acceptors (Lipinski definition) is 6. The normalized spacial score (nSPS) is 15.8. The fourth-order valence-corrected chi connectivity index (χ4v) is 5.96. The lowest BCUT2D eigenvalue weighted by atomic mass is 10.0. The Kier molecular flexibility index (Phi) is 9.05. The summed E-state index contributed by atoms with van der Waals surface area (Å²) in [6.45, 7) is 1.08. The molecule has 2 aliphatic heterocycles. The van der Waals surface area contributed by atoms with Gasteiger partial charge in [-0.25, -0.2) is 14.0 Å². The maximum Gasteiger partial charge on any atom is 0.331 e. The summed E-state index contributed by atoms with van der Waals surface area (Å²) in [7, 11) is 1.44. The van der Waals surface area contributed by atoms with E-state index >= 15 is 0 Å². The van der Waals surface area contributed by atoms with Crippen molar-refractivity contribution in [3.8, 4) is 11.1 Å². The summed E-state index contributed by atoms with van der Waals surface area (Å²) >= 11 is 10.6. The Morgan fingerprint density at radius 1 is 1.12 bits per heavy atom. The minimum absolute atomic E-state index is 0.0000731. The monoisotopic (exact) mass is 615 g/mol. The third kappa shape index (κ3) is 6.11. The van der Waals surface area contributed by atoms with Gasteiger partial charge in [-0.05, 0) is 49.1 Å². The molecule has 42 heavy (non-hydrogen) atoms. The maximum atomic E-state index is 14.2. The average Bonchev–Trinajstić information content (AvgIpc) is 3.14. The first-order valence-electron chi connectivity index (χ1n) is 13.6. The van der Waals surface area contributed by atoms with E-state index in [1.165, 1.54) is 31.5 Å². The number of halogens is 2. The number of ether oxygens (including phenoxy) is 1. The fraction of sp³-hybridized carbons (Fsp3) is 0.379. The Hall–Kier alpha value is -3.61. The molecule has 3 aromatic rings. The number of piperidine rings is 1. The van der Waals surface area contributed by atoms with Crippen molar-refractivity contribution in [1.29, 1.82) is 0 Å². The van der Waals surface area contributed by atoms with E-state index in [0.29, 0.717) is 38.9 Å². The van der Waals surface area contributed by atoms with Crippen molar-refractivity contribution in [2.45, 2.75) is 43.3 Å². The standard InChI is InChI=1S/C29H31ClFN5O5S/c1-41-14-13-36-27(38)22(21-3-2-4-23(31)26(21)30)16-34(29(36)40)17-25(37)33-10-8-19(9-11-33)35-12-7-18-15-20(42)5-6-24(18)32-28(35)39/h2-6,15-16,19,42H,7-14,17H2,1H3,(H,32,39). The molecule has 0 saturated carbocycles. The Bertz CT molecular complexity index is 1640. The van der Waals surface area contributed by atoms with Crippen LogP contribution in [0.15, 0.2) is 57.1 Å². The molecule has 2 aromatic carbocycles. The molecule has 0 unspecified atom stereocenters. The molecule has 0 radical (unpaired) electrons. The summed E-state index contributed by atoms with van der Waals surface area (Å²) in [5, 5.41) is 2.73. The van der Waals surface area contributed by atoms with Crippen LogP contribution in [-0.2, 0) is 29.0 Å². The number of thiol groups is 1. The number of anilines is 1. The fourth-order valence-electron chi connectivity index (χ4n) is 5.50. The van der Waals surface area contributed by atoms with Crippen LogP contribution in [0.4, 0.5) is 14.9 Å². The van der Waals surface area contributed by atoms with E-state index in [1.807, 2.05) is 23.1 Å². The van der Waals surface area contributed by atoms with Crippen LogP contribution in [-0.4, -0.2) is 70.3 Å². The summed E-state index contributed by atoms with van der Waals surface area (Å²) in [6, 6.07) is 9.52. The van der Waals surface area contributed by atoms with Gasteiger partial charge >= 0.3 is 11.7 Å². The van der Waals surface area contributed by atoms with E-state index < -0.39 is 17.1 Å². The number of aromatic nitrogens is 2. The highest BCUT2D eigenvalue weighted by atomic mass is 35.5. The van der Waals surface area contributed by atoms with Gasteiger partial charge in [0, 0.05) is 55.1 Å². The molecular formula is C29H31ClFN5O5S. The molecule has 222 valence electrons. The first-order valence-corrected chi connectivity index (χ1v) is 14.5. The second-order valence-corrected chi connectivity index (χ2v) is 11.2. The molecular weight excluding hydrogens is 585 g/mol. The van der Waals surface area contributed by atoms with E-state index in [-0.39, 0.29) is 53.8 Å². The van der Waals surface area contributed by atoms with Crippen molar-refractivity contribution in [3.05, 3.63) is 79.8 Å². The van der Waals surface area contributed by atoms with Crippen molar-refractivity contribution >= 4 is 41.9 Å². The van der Waals surface area contributed by atoms with Crippen LogP contribution in [0.5, 0.6) is 0 Å². The zero-order chi connectivity index (χ0) is 30.0. The summed E-state index contributed by atoms with van der Waals surface area (Å²) in [5.74, 6) is -1.01. The molecule has 5 rings (SSSR count). The number of carbonyl (C=O) groups is 2. The smallest absolute Gasteiger partial charge is 0.331 e. The van der Waals surface area contributed by atoms with Crippen LogP contribution >= 0.6 is 24.2 Å². The lowest BCUT2D eigenvalue weighted by molar-refractivity contribution is -0.133. The predicted molar refractivity (Wildman–Crippen MR) is 160 cm³/mol. The Balaban J connectivity index is 1.31. The highest BCUT2D eigenvalue weighted by molar-refractivity contribution is 7.80. The number of urea groups is 1. The van der Waals surface area contributed by atoms with E-state index in [1.54, 1.807) is 4.90 Å². The molecule has 1 aromatic heterocycles. The van der Waals surface area contributed by atoms with E-state index in [9.17, 15) is 23.6 Å². The molecule has 2 aliphatic rings. The lowest BCUT2D eigenvalue weighted by Crippen LogP contribution is -2.51. The minimum Gasteiger partial charge on any atom is -0.383 e. The highest BCUT2D eigenvalue weighted by Crippen LogP contribution is 2.28. The van der Waals surface area contributed by atoms with Crippen molar-refractivity contribution in [2.75, 3.05) is 38.7 Å². The van der Waals surface area contributed by atoms with Crippen molar-refractivity contribution < 1.29 is 18.7 Å². The zero-order valence-corrected chi connectivity index (χ0v) is 24.7. The number of carbonyl (C=O) groups excluding carboxylic acids is 2. The Morgan fingerprint density at radius 3 is 2.62 bits per heavy atom. The van der Waals surface area contributed by atoms with Gasteiger partial charge in [-0.1, -0.05) is 23.7 Å². The van der Waals surface area contributed by atoms with Gasteiger partial charge in [0.25, 0.3) is 5.56 Å². The van der Waals surface area contributed by atoms with E-state index in [4.69, 9.17) is 16.3 Å². The molecule has 3 amide bonds. The summed E-state index contributed by atoms with van der Waals surface area (Å²) < 4.78 is 21.4. The topological polar surface area (TPSA) is 106 Å². The molecule has 1 saturated heterocycles. The van der Waals surface area contributed by atoms with Crippen LogP contribution in [0.25, 0.3) is 11.1 Å². The van der Waals surface area contributed by atoms with Crippen LogP contribution < -0.4 is 16.6 Å². The first-order chi connectivity index (χ1) is 20.2. The predicted octanol–water partition coefficient (Wildman–Crippen LogP) is 3.49. The number of hydrogen-bond donors (Lipinski definition) is 2. The van der Waals surface area contributed by atoms with Crippen LogP contribution in [0, 0.1) is 5.82 Å². The lowest BCUT2D eigenvalue weighted by Gasteiger charge is -2.38. The molecule has 0 atom stereocenters. The second-order valence-electron chi connectivity index (χ2n) is 10.3. The van der Waals surface area contributed by atoms with Crippen LogP contribution in [0.1, 0.15) is 18.4 Å². The van der Waals surface area contributed by atoms with Crippen molar-refractivity contribution in [2.24, 2.45) is 0 Å². The number of amides is 3. The molecule has 3 heterocycles. The number of fused-ring (bicyclic) bond motifs is 1. The number of nitrogens with zero attached hydrogens (tertiary/aromatic N) is 4. The van der Waals surface area contributed by atoms with E-state index in [2.05, 4.69) is 17.9 Å². The van der Waals surface area contributed by atoms with Gasteiger partial charge in [-0.2, -0.15) is 0 Å². The molecule has 0 bridgehead atoms. The first kappa shape index (κ1) is 29.9. The molecule has 1 fully saturated rings. The maximum absolute atomic E-state index is 14.2. The SMILES string of the molecule is COCCn1c(=O)c(-c2cccc(F)c2Cl)cn(CC(=O)N2CCC(N3CCc4cc(S)ccc4NC3=O)CC2)c1=O. The van der Waals surface area contributed by atoms with Gasteiger partial charge in [0.2, 0.25) is 5.91 Å². The number of rotatable bonds is 7. The minimum atomic E-state index is -0.706. The van der Waals surface area contributed by atoms with Gasteiger partial charge in [0.1, 0.15) is 12.4 Å². The summed E-state index contributed by atoms with van der Waals surface area (Å²) in [4.78, 5) is 57.1. The van der Waals surface area contributed by atoms with Gasteiger partial charge < -0.3 is 19.9 Å². The highest BCUT2D eigenvalue weighted by Gasteiger charge is 2.31. The zero-order valence-electron chi connectivity index (χ0n) is 23.0. The number of likely N-dealkylation sites (tertiary alicyclic amines) is 1. The second kappa shape index (κ2) is 12.7. The molecule has 1 N–H and O–H groups in total. The largest absolute Gasteiger partial charge is 0.383 e. The molecule has 0 aliphatic carbocycles. The van der Waals surface area contributed by atoms with Crippen LogP contribution in [0.2, 0.25) is 5.02 Å². The van der Waals surface area contributed by atoms with Crippen molar-refractivity contribution in [3.63, 3.8) is 0 Å². The Labute approximate surface area is 252 Å². The quantitative estimate of drug-likeness (QED) is 0.396. The van der Waals surface area contributed by atoms with Gasteiger partial charge in [-0.3, -0.25) is 18.7 Å². The van der Waals surface area contributed by atoms with Gasteiger partial charge in [-0.15, -0.1) is 12.6 Å². The summed E-state index contributed by atoms with van der Waals surface area (Å²) in [5.41, 5.74) is 0.601. The average molecular weight is 616 g/mol. The Morgan fingerprint density at radius 2 is 1.88 bits per heavy atom. The van der Waals surface area contributed by atoms with E-state index in [0.717, 1.165) is 25.3 Å². The molecule has 10 nitrogen and oxygen atoms in total. The third-order valence-electron chi connectivity index (χ3n) is 7.77. The molecule has 0 spiro atoms. The number of nitrogens with one attached hydrogen (secondary N) is 1. The van der Waals surface area contributed by atoms with Gasteiger partial charge in [0.05, 0.1) is 23.7 Å². The summed E-state index contributed by atoms with van der Waals surface area (Å²) in [6.07, 6.45) is 3.12. The third-order valence-corrected chi connectivity index (χ3v) is 8.44. The number of methoxy groups -OCH3 is 1. The van der Waals surface area contributed by atoms with Crippen LogP contribution in [0.3, 0.4) is 0 Å².